The van der Waals surface area contributed by atoms with E-state index in [4.69, 9.17) is 9.47 Å². The van der Waals surface area contributed by atoms with Crippen LogP contribution < -0.4 is 18.5 Å². The lowest BCUT2D eigenvalue weighted by atomic mass is 10.2. The zero-order valence-electron chi connectivity index (χ0n) is 15.9. The van der Waals surface area contributed by atoms with Crippen LogP contribution in [0.2, 0.25) is 0 Å². The predicted molar refractivity (Wildman–Crippen MR) is 107 cm³/mol. The maximum Gasteiger partial charge on any atom is 0.262 e. The van der Waals surface area contributed by atoms with E-state index in [2.05, 4.69) is 4.72 Å². The minimum atomic E-state index is -3.98. The van der Waals surface area contributed by atoms with Gasteiger partial charge in [0.1, 0.15) is 11.5 Å². The molecule has 156 valence electrons. The molecule has 9 nitrogen and oxygen atoms in total. The molecule has 1 fully saturated rings. The van der Waals surface area contributed by atoms with E-state index in [9.17, 15) is 21.6 Å². The fourth-order valence-corrected chi connectivity index (χ4v) is 5.82. The third-order valence-corrected chi connectivity index (χ3v) is 7.64. The Labute approximate surface area is 169 Å². The SMILES string of the molecule is COc1ccc(NS(=O)(=O)c2ccc(N3C(=O)[C@@H](C)CS3(=O)=O)cc2)c(OC)c1. The molecule has 1 amide bonds. The average molecular weight is 440 g/mol. The molecule has 0 aromatic heterocycles. The normalized spacial score (nSPS) is 18.5. The summed E-state index contributed by atoms with van der Waals surface area (Å²) in [6.07, 6.45) is 0. The first kappa shape index (κ1) is 20.9. The number of hydrogen-bond acceptors (Lipinski definition) is 7. The Kier molecular flexibility index (Phi) is 5.46. The van der Waals surface area contributed by atoms with Crippen LogP contribution in [-0.4, -0.2) is 42.7 Å². The van der Waals surface area contributed by atoms with Crippen molar-refractivity contribution in [2.45, 2.75) is 11.8 Å². The lowest BCUT2D eigenvalue weighted by molar-refractivity contribution is -0.119. The molecule has 1 atom stereocenters. The second kappa shape index (κ2) is 7.56. The number of sulfonamides is 2. The standard InChI is InChI=1S/C18H20N2O7S2/c1-12-11-28(22,23)20(18(12)21)13-4-7-15(8-5-13)29(24,25)19-16-9-6-14(26-2)10-17(16)27-3/h4-10,12,19H,11H2,1-3H3/t12-/m0/s1. The van der Waals surface area contributed by atoms with Gasteiger partial charge in [-0.05, 0) is 36.4 Å². The monoisotopic (exact) mass is 440 g/mol. The molecule has 2 aromatic rings. The van der Waals surface area contributed by atoms with Gasteiger partial charge in [0.25, 0.3) is 10.0 Å². The number of rotatable bonds is 6. The first-order chi connectivity index (χ1) is 13.6. The summed E-state index contributed by atoms with van der Waals surface area (Å²) in [5.41, 5.74) is 0.309. The summed E-state index contributed by atoms with van der Waals surface area (Å²) in [5, 5.41) is 0. The van der Waals surface area contributed by atoms with Gasteiger partial charge >= 0.3 is 0 Å². The van der Waals surface area contributed by atoms with E-state index in [1.54, 1.807) is 6.07 Å². The first-order valence-corrected chi connectivity index (χ1v) is 11.6. The van der Waals surface area contributed by atoms with E-state index in [1.165, 1.54) is 57.5 Å². The summed E-state index contributed by atoms with van der Waals surface area (Å²) in [5.74, 6) is -0.688. The van der Waals surface area contributed by atoms with Crippen LogP contribution in [0.4, 0.5) is 11.4 Å². The molecule has 0 saturated carbocycles. The van der Waals surface area contributed by atoms with Gasteiger partial charge in [0, 0.05) is 6.07 Å². The molecule has 1 heterocycles. The largest absolute Gasteiger partial charge is 0.497 e. The minimum absolute atomic E-state index is 0.0975. The lowest BCUT2D eigenvalue weighted by Gasteiger charge is -2.16. The van der Waals surface area contributed by atoms with Gasteiger partial charge in [0.2, 0.25) is 15.9 Å². The smallest absolute Gasteiger partial charge is 0.262 e. The third kappa shape index (κ3) is 4.01. The number of ether oxygens (including phenoxy) is 2. The number of hydrogen-bond donors (Lipinski definition) is 1. The molecule has 3 rings (SSSR count). The highest BCUT2D eigenvalue weighted by molar-refractivity contribution is 7.94. The summed E-state index contributed by atoms with van der Waals surface area (Å²) < 4.78 is 63.2. The average Bonchev–Trinajstić information content (AvgIpc) is 2.88. The molecular weight excluding hydrogens is 420 g/mol. The number of nitrogens with zero attached hydrogens (tertiary/aromatic N) is 1. The van der Waals surface area contributed by atoms with Gasteiger partial charge in [-0.2, -0.15) is 0 Å². The molecule has 0 aliphatic carbocycles. The number of benzene rings is 2. The Bertz CT molecular complexity index is 1140. The van der Waals surface area contributed by atoms with Crippen LogP contribution in [0.25, 0.3) is 0 Å². The van der Waals surface area contributed by atoms with Gasteiger partial charge in [-0.1, -0.05) is 6.92 Å². The topological polar surface area (TPSA) is 119 Å². The van der Waals surface area contributed by atoms with E-state index >= 15 is 0 Å². The highest BCUT2D eigenvalue weighted by Gasteiger charge is 2.42. The molecule has 1 saturated heterocycles. The van der Waals surface area contributed by atoms with Crippen molar-refractivity contribution in [1.82, 2.24) is 0 Å². The van der Waals surface area contributed by atoms with Crippen molar-refractivity contribution in [2.75, 3.05) is 29.0 Å². The van der Waals surface area contributed by atoms with Crippen molar-refractivity contribution in [2.24, 2.45) is 5.92 Å². The van der Waals surface area contributed by atoms with Crippen LogP contribution in [0.3, 0.4) is 0 Å². The van der Waals surface area contributed by atoms with E-state index < -0.39 is 31.9 Å². The first-order valence-electron chi connectivity index (χ1n) is 8.51. The van der Waals surface area contributed by atoms with Gasteiger partial charge in [-0.15, -0.1) is 0 Å². The van der Waals surface area contributed by atoms with Crippen molar-refractivity contribution in [3.63, 3.8) is 0 Å². The second-order valence-corrected chi connectivity index (χ2v) is 9.99. The lowest BCUT2D eigenvalue weighted by Crippen LogP contribution is -2.30. The van der Waals surface area contributed by atoms with Crippen LogP contribution >= 0.6 is 0 Å². The maximum absolute atomic E-state index is 12.7. The molecular formula is C18H20N2O7S2. The quantitative estimate of drug-likeness (QED) is 0.728. The summed E-state index contributed by atoms with van der Waals surface area (Å²) >= 11 is 0. The number of nitrogens with one attached hydrogen (secondary N) is 1. The van der Waals surface area contributed by atoms with E-state index in [1.807, 2.05) is 0 Å². The number of carbonyl (C=O) groups is 1. The van der Waals surface area contributed by atoms with Crippen molar-refractivity contribution in [3.05, 3.63) is 42.5 Å². The molecule has 11 heteroatoms. The Morgan fingerprint density at radius 2 is 1.72 bits per heavy atom. The molecule has 29 heavy (non-hydrogen) atoms. The fraction of sp³-hybridized carbons (Fsp3) is 0.278. The van der Waals surface area contributed by atoms with Crippen molar-refractivity contribution >= 4 is 37.3 Å². The van der Waals surface area contributed by atoms with Crippen LogP contribution in [-0.2, 0) is 24.8 Å². The summed E-state index contributed by atoms with van der Waals surface area (Å²) in [4.78, 5) is 12.1. The van der Waals surface area contributed by atoms with Crippen LogP contribution in [0.15, 0.2) is 47.4 Å². The van der Waals surface area contributed by atoms with Gasteiger partial charge in [0.15, 0.2) is 0 Å². The molecule has 0 unspecified atom stereocenters. The number of amides is 1. The number of carbonyl (C=O) groups excluding carboxylic acids is 1. The highest BCUT2D eigenvalue weighted by atomic mass is 32.2. The van der Waals surface area contributed by atoms with Crippen LogP contribution in [0.5, 0.6) is 11.5 Å². The van der Waals surface area contributed by atoms with Gasteiger partial charge < -0.3 is 9.47 Å². The zero-order chi connectivity index (χ0) is 21.4. The predicted octanol–water partition coefficient (Wildman–Crippen LogP) is 1.82. The number of anilines is 2. The Hall–Kier alpha value is -2.79. The van der Waals surface area contributed by atoms with Crippen molar-refractivity contribution in [3.8, 4) is 11.5 Å². The fourth-order valence-electron chi connectivity index (χ4n) is 2.93. The molecule has 1 aliphatic rings. The van der Waals surface area contributed by atoms with E-state index in [0.717, 1.165) is 0 Å². The molecule has 1 aliphatic heterocycles. The highest BCUT2D eigenvalue weighted by Crippen LogP contribution is 2.32. The van der Waals surface area contributed by atoms with Gasteiger partial charge in [-0.3, -0.25) is 9.52 Å². The van der Waals surface area contributed by atoms with E-state index in [0.29, 0.717) is 10.1 Å². The van der Waals surface area contributed by atoms with E-state index in [-0.39, 0.29) is 27.8 Å². The van der Waals surface area contributed by atoms with Crippen LogP contribution in [0, 0.1) is 5.92 Å². The summed E-state index contributed by atoms with van der Waals surface area (Å²) in [6, 6.07) is 9.65. The van der Waals surface area contributed by atoms with Gasteiger partial charge in [0.05, 0.1) is 42.2 Å². The van der Waals surface area contributed by atoms with Gasteiger partial charge in [-0.25, -0.2) is 21.1 Å². The molecule has 1 N–H and O–H groups in total. The molecule has 0 radical (unpaired) electrons. The molecule has 0 bridgehead atoms. The Morgan fingerprint density at radius 3 is 2.24 bits per heavy atom. The number of methoxy groups -OCH3 is 2. The summed E-state index contributed by atoms with van der Waals surface area (Å²) in [7, 11) is -4.87. The maximum atomic E-state index is 12.7. The summed E-state index contributed by atoms with van der Waals surface area (Å²) in [6.45, 7) is 1.53. The van der Waals surface area contributed by atoms with Crippen molar-refractivity contribution < 1.29 is 31.1 Å². The molecule has 2 aromatic carbocycles. The minimum Gasteiger partial charge on any atom is -0.497 e. The third-order valence-electron chi connectivity index (χ3n) is 4.40. The Morgan fingerprint density at radius 1 is 1.07 bits per heavy atom. The Balaban J connectivity index is 1.89. The second-order valence-electron chi connectivity index (χ2n) is 6.45. The van der Waals surface area contributed by atoms with Crippen molar-refractivity contribution in [1.29, 1.82) is 0 Å². The molecule has 0 spiro atoms. The zero-order valence-corrected chi connectivity index (χ0v) is 17.6. The van der Waals surface area contributed by atoms with Crippen LogP contribution in [0.1, 0.15) is 6.92 Å².